The van der Waals surface area contributed by atoms with E-state index in [1.54, 1.807) is 0 Å². The molecule has 0 aromatic heterocycles. The van der Waals surface area contributed by atoms with E-state index in [-0.39, 0.29) is 24.9 Å². The number of anilines is 1. The maximum absolute atomic E-state index is 12.1. The maximum Gasteiger partial charge on any atom is 0.407 e. The van der Waals surface area contributed by atoms with Gasteiger partial charge in [-0.05, 0) is 31.9 Å². The number of likely N-dealkylation sites (N-methyl/N-ethyl adjacent to an activating group) is 1. The van der Waals surface area contributed by atoms with E-state index in [4.69, 9.17) is 0 Å². The number of alkyl carbamates (subject to hydrolysis) is 1. The average molecular weight is 321 g/mol. The minimum atomic E-state index is -0.692. The van der Waals surface area contributed by atoms with Crippen molar-refractivity contribution in [3.05, 3.63) is 28.8 Å². The summed E-state index contributed by atoms with van der Waals surface area (Å²) in [6.07, 6.45) is -0.692. The molecule has 7 nitrogen and oxygen atoms in total. The number of aryl methyl sites for hydroxylation is 3. The number of rotatable bonds is 5. The predicted molar refractivity (Wildman–Crippen MR) is 87.3 cm³/mol. The largest absolute Gasteiger partial charge is 0.453 e. The van der Waals surface area contributed by atoms with E-state index in [9.17, 15) is 14.4 Å². The molecular weight excluding hydrogens is 298 g/mol. The van der Waals surface area contributed by atoms with Gasteiger partial charge in [-0.1, -0.05) is 17.7 Å². The van der Waals surface area contributed by atoms with Crippen molar-refractivity contribution in [2.75, 3.05) is 32.6 Å². The van der Waals surface area contributed by atoms with E-state index >= 15 is 0 Å². The molecular formula is C16H23N3O4. The standard InChI is InChI=1S/C16H23N3O4/c1-10-6-11(2)15(12(3)7-10)18-13(20)9-19(4)14(21)8-17-16(22)23-5/h6-7H,8-9H2,1-5H3,(H,17,22)(H,18,20). The van der Waals surface area contributed by atoms with Crippen molar-refractivity contribution in [3.63, 3.8) is 0 Å². The zero-order valence-electron chi connectivity index (χ0n) is 14.1. The first-order valence-corrected chi connectivity index (χ1v) is 7.18. The number of carbonyl (C=O) groups excluding carboxylic acids is 3. The van der Waals surface area contributed by atoms with Gasteiger partial charge < -0.3 is 20.3 Å². The van der Waals surface area contributed by atoms with E-state index in [0.29, 0.717) is 0 Å². The quantitative estimate of drug-likeness (QED) is 0.857. The van der Waals surface area contributed by atoms with Gasteiger partial charge in [-0.15, -0.1) is 0 Å². The summed E-state index contributed by atoms with van der Waals surface area (Å²) in [6.45, 7) is 5.51. The Kier molecular flexibility index (Phi) is 6.56. The lowest BCUT2D eigenvalue weighted by Crippen LogP contribution is -2.41. The highest BCUT2D eigenvalue weighted by molar-refractivity contribution is 5.96. The zero-order chi connectivity index (χ0) is 17.6. The van der Waals surface area contributed by atoms with E-state index in [0.717, 1.165) is 22.4 Å². The van der Waals surface area contributed by atoms with Crippen LogP contribution in [0.2, 0.25) is 0 Å². The molecule has 2 N–H and O–H groups in total. The molecule has 0 heterocycles. The third kappa shape index (κ3) is 5.61. The molecule has 0 aliphatic heterocycles. The van der Waals surface area contributed by atoms with Gasteiger partial charge >= 0.3 is 6.09 Å². The van der Waals surface area contributed by atoms with Gasteiger partial charge in [0.1, 0.15) is 6.54 Å². The molecule has 0 spiro atoms. The first-order chi connectivity index (χ1) is 10.7. The molecule has 3 amide bonds. The smallest absolute Gasteiger partial charge is 0.407 e. The van der Waals surface area contributed by atoms with Gasteiger partial charge in [0.2, 0.25) is 11.8 Å². The van der Waals surface area contributed by atoms with E-state index in [1.807, 2.05) is 32.9 Å². The van der Waals surface area contributed by atoms with Crippen molar-refractivity contribution < 1.29 is 19.1 Å². The normalized spacial score (nSPS) is 9.96. The van der Waals surface area contributed by atoms with E-state index < -0.39 is 6.09 Å². The van der Waals surface area contributed by atoms with Crippen molar-refractivity contribution in [2.24, 2.45) is 0 Å². The first-order valence-electron chi connectivity index (χ1n) is 7.18. The van der Waals surface area contributed by atoms with Gasteiger partial charge in [0.15, 0.2) is 0 Å². The van der Waals surface area contributed by atoms with Gasteiger partial charge in [0, 0.05) is 12.7 Å². The highest BCUT2D eigenvalue weighted by atomic mass is 16.5. The van der Waals surface area contributed by atoms with E-state index in [2.05, 4.69) is 15.4 Å². The SMILES string of the molecule is COC(=O)NCC(=O)N(C)CC(=O)Nc1c(C)cc(C)cc1C. The Balaban J connectivity index is 2.59. The van der Waals surface area contributed by atoms with E-state index in [1.165, 1.54) is 19.1 Å². The van der Waals surface area contributed by atoms with Crippen LogP contribution in [0.3, 0.4) is 0 Å². The summed E-state index contributed by atoms with van der Waals surface area (Å²) in [5.74, 6) is -0.683. The zero-order valence-corrected chi connectivity index (χ0v) is 14.1. The fraction of sp³-hybridized carbons (Fsp3) is 0.438. The summed E-state index contributed by atoms with van der Waals surface area (Å²) >= 11 is 0. The molecule has 23 heavy (non-hydrogen) atoms. The Morgan fingerprint density at radius 3 is 2.22 bits per heavy atom. The third-order valence-corrected chi connectivity index (χ3v) is 3.32. The molecule has 7 heteroatoms. The molecule has 0 radical (unpaired) electrons. The number of hydrogen-bond donors (Lipinski definition) is 2. The fourth-order valence-electron chi connectivity index (χ4n) is 2.21. The Bertz CT molecular complexity index is 590. The topological polar surface area (TPSA) is 87.7 Å². The number of nitrogens with one attached hydrogen (secondary N) is 2. The molecule has 0 unspecified atom stereocenters. The summed E-state index contributed by atoms with van der Waals surface area (Å²) in [7, 11) is 2.71. The monoisotopic (exact) mass is 321 g/mol. The second kappa shape index (κ2) is 8.17. The van der Waals surface area contributed by atoms with Crippen LogP contribution in [0.5, 0.6) is 0 Å². The van der Waals surface area contributed by atoms with Crippen LogP contribution in [-0.4, -0.2) is 50.1 Å². The molecule has 1 aromatic carbocycles. The van der Waals surface area contributed by atoms with Gasteiger partial charge in [0.05, 0.1) is 13.7 Å². The number of benzene rings is 1. The molecule has 0 aliphatic carbocycles. The Hall–Kier alpha value is -2.57. The summed E-state index contributed by atoms with van der Waals surface area (Å²) in [6, 6.07) is 3.97. The first kappa shape index (κ1) is 18.5. The average Bonchev–Trinajstić information content (AvgIpc) is 2.47. The predicted octanol–water partition coefficient (Wildman–Crippen LogP) is 1.36. The van der Waals surface area contributed by atoms with Crippen LogP contribution in [0.15, 0.2) is 12.1 Å². The van der Waals surface area contributed by atoms with Crippen LogP contribution in [0.4, 0.5) is 10.5 Å². The summed E-state index contributed by atoms with van der Waals surface area (Å²) < 4.78 is 4.38. The Labute approximate surface area is 136 Å². The lowest BCUT2D eigenvalue weighted by atomic mass is 10.1. The van der Waals surface area contributed by atoms with Gasteiger partial charge in [-0.3, -0.25) is 9.59 Å². The number of amides is 3. The van der Waals surface area contributed by atoms with Crippen molar-refractivity contribution in [1.82, 2.24) is 10.2 Å². The number of carbonyl (C=O) groups is 3. The molecule has 0 saturated carbocycles. The molecule has 0 aliphatic rings. The van der Waals surface area contributed by atoms with Gasteiger partial charge in [-0.2, -0.15) is 0 Å². The van der Waals surface area contributed by atoms with Crippen LogP contribution in [-0.2, 0) is 14.3 Å². The molecule has 1 aromatic rings. The lowest BCUT2D eigenvalue weighted by molar-refractivity contribution is -0.132. The van der Waals surface area contributed by atoms with Crippen LogP contribution in [0.1, 0.15) is 16.7 Å². The highest BCUT2D eigenvalue weighted by Gasteiger charge is 2.15. The minimum Gasteiger partial charge on any atom is -0.453 e. The number of nitrogens with zero attached hydrogens (tertiary/aromatic N) is 1. The number of hydrogen-bond acceptors (Lipinski definition) is 4. The van der Waals surface area contributed by atoms with Crippen LogP contribution < -0.4 is 10.6 Å². The third-order valence-electron chi connectivity index (χ3n) is 3.32. The Morgan fingerprint density at radius 1 is 1.13 bits per heavy atom. The second-order valence-corrected chi connectivity index (χ2v) is 5.42. The molecule has 1 rings (SSSR count). The lowest BCUT2D eigenvalue weighted by Gasteiger charge is -2.18. The fourth-order valence-corrected chi connectivity index (χ4v) is 2.21. The van der Waals surface area contributed by atoms with Crippen molar-refractivity contribution in [3.8, 4) is 0 Å². The number of methoxy groups -OCH3 is 1. The maximum atomic E-state index is 12.1. The van der Waals surface area contributed by atoms with Crippen LogP contribution in [0, 0.1) is 20.8 Å². The second-order valence-electron chi connectivity index (χ2n) is 5.42. The Morgan fingerprint density at radius 2 is 1.70 bits per heavy atom. The molecule has 0 saturated heterocycles. The molecule has 0 bridgehead atoms. The summed E-state index contributed by atoms with van der Waals surface area (Å²) in [4.78, 5) is 36.1. The summed E-state index contributed by atoms with van der Waals surface area (Å²) in [5.41, 5.74) is 3.82. The van der Waals surface area contributed by atoms with Crippen molar-refractivity contribution in [1.29, 1.82) is 0 Å². The molecule has 0 atom stereocenters. The van der Waals surface area contributed by atoms with Gasteiger partial charge in [-0.25, -0.2) is 4.79 Å². The molecule has 126 valence electrons. The summed E-state index contributed by atoms with van der Waals surface area (Å²) in [5, 5.41) is 5.10. The minimum absolute atomic E-state index is 0.103. The highest BCUT2D eigenvalue weighted by Crippen LogP contribution is 2.21. The van der Waals surface area contributed by atoms with Crippen LogP contribution in [0.25, 0.3) is 0 Å². The van der Waals surface area contributed by atoms with Crippen molar-refractivity contribution >= 4 is 23.6 Å². The molecule has 0 fully saturated rings. The number of ether oxygens (including phenoxy) is 1. The van der Waals surface area contributed by atoms with Crippen molar-refractivity contribution in [2.45, 2.75) is 20.8 Å². The van der Waals surface area contributed by atoms with Crippen LogP contribution >= 0.6 is 0 Å². The van der Waals surface area contributed by atoms with Gasteiger partial charge in [0.25, 0.3) is 0 Å².